The number of amides is 2. The molecule has 8 nitrogen and oxygen atoms in total. The van der Waals surface area contributed by atoms with Crippen molar-refractivity contribution < 1.29 is 9.59 Å². The predicted molar refractivity (Wildman–Crippen MR) is 158 cm³/mol. The van der Waals surface area contributed by atoms with Crippen molar-refractivity contribution in [2.75, 3.05) is 10.6 Å². The van der Waals surface area contributed by atoms with Crippen molar-refractivity contribution in [1.82, 2.24) is 15.3 Å². The van der Waals surface area contributed by atoms with Gasteiger partial charge in [0.2, 0.25) is 11.8 Å². The highest BCUT2D eigenvalue weighted by Gasteiger charge is 2.25. The van der Waals surface area contributed by atoms with E-state index in [2.05, 4.69) is 106 Å². The normalized spacial score (nSPS) is 16.0. The number of alkyl halides is 1. The van der Waals surface area contributed by atoms with E-state index in [1.165, 1.54) is 25.7 Å². The third kappa shape index (κ3) is 12.6. The molecule has 5 N–H and O–H groups in total. The van der Waals surface area contributed by atoms with E-state index in [-0.39, 0.29) is 22.7 Å². The lowest BCUT2D eigenvalue weighted by Crippen LogP contribution is -2.39. The van der Waals surface area contributed by atoms with Crippen molar-refractivity contribution in [1.29, 1.82) is 0 Å². The minimum atomic E-state index is -0.224. The summed E-state index contributed by atoms with van der Waals surface area (Å²) in [6.07, 6.45) is 4.86. The van der Waals surface area contributed by atoms with Crippen LogP contribution in [0.4, 0.5) is 11.4 Å². The molecule has 4 rings (SSSR count). The van der Waals surface area contributed by atoms with Crippen molar-refractivity contribution in [3.05, 3.63) is 42.7 Å². The largest absolute Gasteiger partial charge is 0.328 e. The van der Waals surface area contributed by atoms with Crippen LogP contribution in [0, 0.1) is 0 Å². The van der Waals surface area contributed by atoms with Crippen LogP contribution in [-0.2, 0) is 9.59 Å². The molecule has 2 aliphatic rings. The van der Waals surface area contributed by atoms with E-state index in [1.807, 2.05) is 13.0 Å². The zero-order valence-corrected chi connectivity index (χ0v) is 27.1. The molecule has 2 saturated carbocycles. The summed E-state index contributed by atoms with van der Waals surface area (Å²) in [5, 5.41) is 8.81. The van der Waals surface area contributed by atoms with Crippen LogP contribution in [0.2, 0.25) is 0 Å². The Morgan fingerprint density at radius 3 is 1.63 bits per heavy atom. The van der Waals surface area contributed by atoms with Gasteiger partial charge in [-0.2, -0.15) is 0 Å². The lowest BCUT2D eigenvalue weighted by atomic mass is 10.3. The molecule has 2 aromatic rings. The smallest absolute Gasteiger partial charge is 0.241 e. The number of hydrogen-bond acceptors (Lipinski definition) is 6. The molecule has 2 unspecified atom stereocenters. The number of nitrogens with two attached hydrogens (primary N) is 1. The number of pyridine rings is 2. The van der Waals surface area contributed by atoms with Crippen LogP contribution in [-0.4, -0.2) is 44.7 Å². The van der Waals surface area contributed by atoms with Gasteiger partial charge >= 0.3 is 0 Å². The molecule has 0 aliphatic heterocycles. The zero-order valence-electron chi connectivity index (χ0n) is 19.1. The van der Waals surface area contributed by atoms with Crippen molar-refractivity contribution in [3.63, 3.8) is 0 Å². The van der Waals surface area contributed by atoms with Gasteiger partial charge in [-0.05, 0) is 128 Å². The van der Waals surface area contributed by atoms with Gasteiger partial charge in [0.15, 0.2) is 0 Å². The molecule has 2 aromatic heterocycles. The van der Waals surface area contributed by atoms with E-state index in [0.29, 0.717) is 37.3 Å². The Morgan fingerprint density at radius 1 is 0.857 bits per heavy atom. The van der Waals surface area contributed by atoms with Gasteiger partial charge in [-0.15, -0.1) is 0 Å². The summed E-state index contributed by atoms with van der Waals surface area (Å²) in [4.78, 5) is 31.2. The fourth-order valence-corrected chi connectivity index (χ4v) is 4.31. The van der Waals surface area contributed by atoms with Crippen molar-refractivity contribution >= 4 is 103 Å². The lowest BCUT2D eigenvalue weighted by molar-refractivity contribution is -0.118. The number of anilines is 2. The number of hydrogen-bond donors (Lipinski definition) is 4. The topological polar surface area (TPSA) is 122 Å². The standard InChI is InChI=1S/C11H13Br2N3O.C8H7Br3N2O.C3H7N/c1-6(14-7-2-3-7)11(17)15-8-4-5-9(12)16-10(8)13;1-4(9)8(14)12-5-2-3-6(10)13-7(5)11;4-3-1-2-3/h4-7,14H,2-3H2,1H3,(H,15,17);2-4H,1H3,(H,12,14);3H,1-2,4H2. The Hall–Kier alpha value is -0.440. The lowest BCUT2D eigenvalue weighted by Gasteiger charge is -2.14. The first-order valence-corrected chi connectivity index (χ1v) is 15.0. The second kappa shape index (κ2) is 15.1. The molecule has 2 atom stereocenters. The first-order chi connectivity index (χ1) is 16.5. The number of nitrogens with one attached hydrogen (secondary N) is 3. The average molecular weight is 807 g/mol. The molecule has 0 spiro atoms. The van der Waals surface area contributed by atoms with E-state index in [1.54, 1.807) is 25.1 Å². The third-order valence-corrected chi connectivity index (χ3v) is 7.09. The Bertz CT molecular complexity index is 1020. The minimum absolute atomic E-state index is 0.0401. The van der Waals surface area contributed by atoms with Gasteiger partial charge in [-0.25, -0.2) is 9.97 Å². The van der Waals surface area contributed by atoms with Crippen LogP contribution in [0.25, 0.3) is 0 Å². The molecule has 0 radical (unpaired) electrons. The maximum absolute atomic E-state index is 11.9. The number of carbonyl (C=O) groups is 2. The summed E-state index contributed by atoms with van der Waals surface area (Å²) in [6.45, 7) is 3.63. The summed E-state index contributed by atoms with van der Waals surface area (Å²) in [5.74, 6) is -0.142. The van der Waals surface area contributed by atoms with Crippen LogP contribution in [0.5, 0.6) is 0 Å². The molecule has 35 heavy (non-hydrogen) atoms. The molecule has 13 heteroatoms. The van der Waals surface area contributed by atoms with Gasteiger partial charge in [0, 0.05) is 12.1 Å². The minimum Gasteiger partial charge on any atom is -0.328 e. The molecule has 0 saturated heterocycles. The Morgan fingerprint density at radius 2 is 1.29 bits per heavy atom. The predicted octanol–water partition coefficient (Wildman–Crippen LogP) is 6.12. The number of aromatic nitrogens is 2. The molecule has 192 valence electrons. The number of rotatable bonds is 6. The summed E-state index contributed by atoms with van der Waals surface area (Å²) in [6, 6.07) is 8.05. The maximum Gasteiger partial charge on any atom is 0.241 e. The van der Waals surface area contributed by atoms with Gasteiger partial charge in [0.25, 0.3) is 0 Å². The molecular formula is C22H27Br5N6O2. The molecule has 0 aromatic carbocycles. The van der Waals surface area contributed by atoms with E-state index in [0.717, 1.165) is 4.60 Å². The molecular weight excluding hydrogens is 780 g/mol. The second-order valence-corrected chi connectivity index (χ2v) is 12.5. The maximum atomic E-state index is 11.9. The highest BCUT2D eigenvalue weighted by Crippen LogP contribution is 2.24. The summed E-state index contributed by atoms with van der Waals surface area (Å²) < 4.78 is 2.67. The summed E-state index contributed by atoms with van der Waals surface area (Å²) in [5.41, 5.74) is 6.56. The fourth-order valence-electron chi connectivity index (χ4n) is 2.26. The number of carbonyl (C=O) groups excluding carboxylic acids is 2. The van der Waals surface area contributed by atoms with Crippen LogP contribution < -0.4 is 21.7 Å². The van der Waals surface area contributed by atoms with Crippen LogP contribution >= 0.6 is 79.6 Å². The van der Waals surface area contributed by atoms with Crippen LogP contribution in [0.3, 0.4) is 0 Å². The monoisotopic (exact) mass is 802 g/mol. The molecule has 2 heterocycles. The van der Waals surface area contributed by atoms with E-state index in [4.69, 9.17) is 5.73 Å². The molecule has 2 fully saturated rings. The Kier molecular flexibility index (Phi) is 13.3. The van der Waals surface area contributed by atoms with Gasteiger partial charge in [0.1, 0.15) is 18.4 Å². The highest BCUT2D eigenvalue weighted by molar-refractivity contribution is 9.11. The van der Waals surface area contributed by atoms with Gasteiger partial charge < -0.3 is 21.7 Å². The van der Waals surface area contributed by atoms with E-state index in [9.17, 15) is 9.59 Å². The number of nitrogens with zero attached hydrogens (tertiary/aromatic N) is 2. The average Bonchev–Trinajstić information content (AvgIpc) is 3.72. The molecule has 2 aliphatic carbocycles. The van der Waals surface area contributed by atoms with Crippen LogP contribution in [0.15, 0.2) is 42.7 Å². The Labute approximate surface area is 247 Å². The quantitative estimate of drug-likeness (QED) is 0.206. The second-order valence-electron chi connectivity index (χ2n) is 8.04. The third-order valence-electron chi connectivity index (χ3n) is 4.58. The zero-order chi connectivity index (χ0) is 26.1. The fraction of sp³-hybridized carbons (Fsp3) is 0.455. The molecule has 2 amide bonds. The Balaban J connectivity index is 0.000000215. The van der Waals surface area contributed by atoms with Crippen molar-refractivity contribution in [3.8, 4) is 0 Å². The number of halogens is 5. The first kappa shape index (κ1) is 30.8. The summed E-state index contributed by atoms with van der Waals surface area (Å²) in [7, 11) is 0. The highest BCUT2D eigenvalue weighted by atomic mass is 79.9. The SMILES string of the molecule is CC(Br)C(=O)Nc1ccc(Br)nc1Br.CC(NC1CC1)C(=O)Nc1ccc(Br)nc1Br.NC1CC1. The van der Waals surface area contributed by atoms with Gasteiger partial charge in [-0.3, -0.25) is 9.59 Å². The first-order valence-electron chi connectivity index (χ1n) is 10.9. The van der Waals surface area contributed by atoms with Gasteiger partial charge in [-0.1, -0.05) is 15.9 Å². The van der Waals surface area contributed by atoms with E-state index < -0.39 is 0 Å². The van der Waals surface area contributed by atoms with Gasteiger partial charge in [0.05, 0.1) is 22.2 Å². The van der Waals surface area contributed by atoms with E-state index >= 15 is 0 Å². The summed E-state index contributed by atoms with van der Waals surface area (Å²) >= 11 is 16.2. The molecule has 0 bridgehead atoms. The van der Waals surface area contributed by atoms with Crippen LogP contribution in [0.1, 0.15) is 39.5 Å². The van der Waals surface area contributed by atoms with Crippen molar-refractivity contribution in [2.24, 2.45) is 5.73 Å². The van der Waals surface area contributed by atoms with Crippen molar-refractivity contribution in [2.45, 2.75) is 62.5 Å².